The van der Waals surface area contributed by atoms with E-state index >= 15 is 0 Å². The summed E-state index contributed by atoms with van der Waals surface area (Å²) in [4.78, 5) is 37.7. The van der Waals surface area contributed by atoms with Gasteiger partial charge in [0.15, 0.2) is 6.10 Å². The van der Waals surface area contributed by atoms with Crippen molar-refractivity contribution in [1.29, 1.82) is 0 Å². The molecule has 6 nitrogen and oxygen atoms in total. The molecule has 6 heteroatoms. The fourth-order valence-electron chi connectivity index (χ4n) is 5.89. The molecule has 0 aliphatic heterocycles. The zero-order chi connectivity index (χ0) is 42.3. The SMILES string of the molecule is CC/C=C\C/C=C\C/C=C\CCCC(=O)OCC(COC(=O)CCCCCCC/C=C\C=C/CCCCCCCCC)OC(=O)CCC/C=C\C/C=C\C/C=C\CC. The van der Waals surface area contributed by atoms with Gasteiger partial charge in [-0.05, 0) is 96.3 Å². The van der Waals surface area contributed by atoms with E-state index in [9.17, 15) is 14.4 Å². The molecular weight excluding hydrogens is 721 g/mol. The summed E-state index contributed by atoms with van der Waals surface area (Å²) in [7, 11) is 0. The van der Waals surface area contributed by atoms with E-state index in [-0.39, 0.29) is 44.0 Å². The van der Waals surface area contributed by atoms with E-state index in [1.807, 2.05) is 0 Å². The van der Waals surface area contributed by atoms with Crippen LogP contribution < -0.4 is 0 Å². The van der Waals surface area contributed by atoms with Gasteiger partial charge in [0.2, 0.25) is 0 Å². The molecule has 0 heterocycles. The smallest absolute Gasteiger partial charge is 0.306 e. The highest BCUT2D eigenvalue weighted by atomic mass is 16.6. The molecule has 0 aromatic heterocycles. The first-order valence-electron chi connectivity index (χ1n) is 23.3. The summed E-state index contributed by atoms with van der Waals surface area (Å²) >= 11 is 0. The summed E-state index contributed by atoms with van der Waals surface area (Å²) in [6.45, 7) is 6.26. The molecule has 0 rings (SSSR count). The van der Waals surface area contributed by atoms with Crippen molar-refractivity contribution in [3.63, 3.8) is 0 Å². The maximum atomic E-state index is 12.7. The predicted molar refractivity (Wildman–Crippen MR) is 247 cm³/mol. The van der Waals surface area contributed by atoms with Gasteiger partial charge in [0.1, 0.15) is 13.2 Å². The molecule has 328 valence electrons. The minimum absolute atomic E-state index is 0.123. The predicted octanol–water partition coefficient (Wildman–Crippen LogP) is 15.0. The number of rotatable bonds is 40. The quantitative estimate of drug-likeness (QED) is 0.0202. The Kier molecular flexibility index (Phi) is 43.1. The van der Waals surface area contributed by atoms with Crippen LogP contribution in [0.5, 0.6) is 0 Å². The van der Waals surface area contributed by atoms with Gasteiger partial charge in [-0.3, -0.25) is 14.4 Å². The van der Waals surface area contributed by atoms with E-state index in [0.29, 0.717) is 19.3 Å². The lowest BCUT2D eigenvalue weighted by Crippen LogP contribution is -2.30. The van der Waals surface area contributed by atoms with Crippen LogP contribution in [0.3, 0.4) is 0 Å². The third-order valence-electron chi connectivity index (χ3n) is 9.33. The third-order valence-corrected chi connectivity index (χ3v) is 9.33. The molecular formula is C52H84O6. The second-order valence-electron chi connectivity index (χ2n) is 14.9. The molecule has 58 heavy (non-hydrogen) atoms. The largest absolute Gasteiger partial charge is 0.462 e. The molecule has 0 N–H and O–H groups in total. The van der Waals surface area contributed by atoms with Crippen LogP contribution >= 0.6 is 0 Å². The molecule has 0 spiro atoms. The number of esters is 3. The molecule has 0 aliphatic carbocycles. The van der Waals surface area contributed by atoms with Gasteiger partial charge in [-0.2, -0.15) is 0 Å². The van der Waals surface area contributed by atoms with Crippen molar-refractivity contribution in [2.24, 2.45) is 0 Å². The highest BCUT2D eigenvalue weighted by Crippen LogP contribution is 2.11. The second kappa shape index (κ2) is 46.0. The topological polar surface area (TPSA) is 78.9 Å². The summed E-state index contributed by atoms with van der Waals surface area (Å²) in [5.74, 6) is -1.06. The fourth-order valence-corrected chi connectivity index (χ4v) is 5.89. The van der Waals surface area contributed by atoms with Crippen LogP contribution in [-0.4, -0.2) is 37.2 Å². The van der Waals surface area contributed by atoms with Gasteiger partial charge in [0, 0.05) is 19.3 Å². The number of hydrogen-bond acceptors (Lipinski definition) is 6. The van der Waals surface area contributed by atoms with Crippen molar-refractivity contribution in [3.05, 3.63) is 97.2 Å². The van der Waals surface area contributed by atoms with E-state index in [0.717, 1.165) is 89.9 Å². The third kappa shape index (κ3) is 43.5. The minimum atomic E-state index is -0.829. The Morgan fingerprint density at radius 3 is 1.21 bits per heavy atom. The maximum absolute atomic E-state index is 12.7. The van der Waals surface area contributed by atoms with Crippen LogP contribution in [0.2, 0.25) is 0 Å². The highest BCUT2D eigenvalue weighted by Gasteiger charge is 2.19. The molecule has 0 aromatic carbocycles. The number of allylic oxidation sites excluding steroid dienone is 16. The van der Waals surface area contributed by atoms with Crippen molar-refractivity contribution in [3.8, 4) is 0 Å². The summed E-state index contributed by atoms with van der Waals surface area (Å²) in [6, 6.07) is 0. The van der Waals surface area contributed by atoms with Crippen LogP contribution in [-0.2, 0) is 28.6 Å². The fraction of sp³-hybridized carbons (Fsp3) is 0.635. The van der Waals surface area contributed by atoms with Crippen LogP contribution in [0.25, 0.3) is 0 Å². The monoisotopic (exact) mass is 805 g/mol. The van der Waals surface area contributed by atoms with Gasteiger partial charge in [-0.25, -0.2) is 0 Å². The van der Waals surface area contributed by atoms with Crippen LogP contribution in [0.15, 0.2) is 97.2 Å². The molecule has 0 aliphatic rings. The Morgan fingerprint density at radius 1 is 0.379 bits per heavy atom. The Bertz CT molecular complexity index is 1200. The normalized spacial score (nSPS) is 12.9. The average molecular weight is 805 g/mol. The standard InChI is InChI=1S/C52H84O6/c1-4-7-10-13-16-19-22-23-24-25-26-27-28-31-33-36-39-42-45-51(54)57-48-49(58-52(55)46-43-40-37-34-30-21-18-15-12-9-6-3)47-56-50(53)44-41-38-35-32-29-20-17-14-11-8-5-2/h8-9,11-12,17-18,20-21,24-27,32,34-35,37,49H,4-7,10,13-16,19,22-23,28-31,33,36,38-48H2,1-3H3/b11-8-,12-9-,20-17-,21-18-,25-24-,27-26-,35-32-,37-34-. The van der Waals surface area contributed by atoms with E-state index in [1.165, 1.54) is 51.4 Å². The first kappa shape index (κ1) is 54.3. The summed E-state index contributed by atoms with van der Waals surface area (Å²) < 4.78 is 16.6. The minimum Gasteiger partial charge on any atom is -0.462 e. The Morgan fingerprint density at radius 2 is 0.741 bits per heavy atom. The first-order valence-corrected chi connectivity index (χ1v) is 23.3. The molecule has 0 aromatic rings. The van der Waals surface area contributed by atoms with Gasteiger partial charge >= 0.3 is 17.9 Å². The second-order valence-corrected chi connectivity index (χ2v) is 14.9. The van der Waals surface area contributed by atoms with E-state index < -0.39 is 6.10 Å². The number of carbonyl (C=O) groups excluding carboxylic acids is 3. The van der Waals surface area contributed by atoms with Gasteiger partial charge in [0.25, 0.3) is 0 Å². The highest BCUT2D eigenvalue weighted by molar-refractivity contribution is 5.71. The summed E-state index contributed by atoms with van der Waals surface area (Å²) in [5.41, 5.74) is 0. The number of hydrogen-bond donors (Lipinski definition) is 0. The van der Waals surface area contributed by atoms with E-state index in [4.69, 9.17) is 14.2 Å². The maximum Gasteiger partial charge on any atom is 0.306 e. The molecule has 0 saturated carbocycles. The van der Waals surface area contributed by atoms with Gasteiger partial charge in [-0.15, -0.1) is 0 Å². The van der Waals surface area contributed by atoms with Crippen molar-refractivity contribution >= 4 is 17.9 Å². The zero-order valence-electron chi connectivity index (χ0n) is 37.3. The van der Waals surface area contributed by atoms with E-state index in [2.05, 4.69) is 118 Å². The summed E-state index contributed by atoms with van der Waals surface area (Å²) in [5, 5.41) is 0. The molecule has 1 unspecified atom stereocenters. The molecule has 0 amide bonds. The lowest BCUT2D eigenvalue weighted by molar-refractivity contribution is -0.167. The Balaban J connectivity index is 4.48. The van der Waals surface area contributed by atoms with Crippen LogP contribution in [0.4, 0.5) is 0 Å². The van der Waals surface area contributed by atoms with Crippen molar-refractivity contribution in [1.82, 2.24) is 0 Å². The van der Waals surface area contributed by atoms with Crippen molar-refractivity contribution in [2.75, 3.05) is 13.2 Å². The molecule has 0 fully saturated rings. The van der Waals surface area contributed by atoms with Crippen LogP contribution in [0, 0.1) is 0 Å². The van der Waals surface area contributed by atoms with Gasteiger partial charge in [-0.1, -0.05) is 176 Å². The number of carbonyl (C=O) groups is 3. The van der Waals surface area contributed by atoms with E-state index in [1.54, 1.807) is 0 Å². The number of unbranched alkanes of at least 4 members (excludes halogenated alkanes) is 14. The first-order chi connectivity index (χ1) is 28.5. The molecule has 0 bridgehead atoms. The van der Waals surface area contributed by atoms with Crippen LogP contribution in [0.1, 0.15) is 194 Å². The average Bonchev–Trinajstić information content (AvgIpc) is 3.22. The molecule has 0 radical (unpaired) electrons. The lowest BCUT2D eigenvalue weighted by atomic mass is 10.1. The van der Waals surface area contributed by atoms with Crippen molar-refractivity contribution < 1.29 is 28.6 Å². The molecule has 0 saturated heterocycles. The summed E-state index contributed by atoms with van der Waals surface area (Å²) in [6.07, 6.45) is 59.9. The Labute approximate surface area is 356 Å². The zero-order valence-corrected chi connectivity index (χ0v) is 37.3. The number of ether oxygens (including phenoxy) is 3. The molecule has 1 atom stereocenters. The van der Waals surface area contributed by atoms with Gasteiger partial charge in [0.05, 0.1) is 0 Å². The van der Waals surface area contributed by atoms with Gasteiger partial charge < -0.3 is 14.2 Å². The Hall–Kier alpha value is -3.67. The van der Waals surface area contributed by atoms with Crippen molar-refractivity contribution in [2.45, 2.75) is 200 Å². The lowest BCUT2D eigenvalue weighted by Gasteiger charge is -2.18.